The fourth-order valence-corrected chi connectivity index (χ4v) is 3.57. The molecule has 1 atom stereocenters. The fraction of sp³-hybridized carbons (Fsp3) is 0.227. The quantitative estimate of drug-likeness (QED) is 0.714. The first-order valence-electron chi connectivity index (χ1n) is 9.33. The molecule has 7 heteroatoms. The minimum absolute atomic E-state index is 0.228. The summed E-state index contributed by atoms with van der Waals surface area (Å²) in [6, 6.07) is 13.7. The van der Waals surface area contributed by atoms with Gasteiger partial charge in [-0.15, -0.1) is 0 Å². The van der Waals surface area contributed by atoms with Crippen molar-refractivity contribution in [1.82, 2.24) is 9.97 Å². The summed E-state index contributed by atoms with van der Waals surface area (Å²) in [4.78, 5) is 23.6. The van der Waals surface area contributed by atoms with Crippen molar-refractivity contribution in [2.24, 2.45) is 0 Å². The lowest BCUT2D eigenvalue weighted by Gasteiger charge is -2.23. The number of nitrogens with zero attached hydrogens (tertiary/aromatic N) is 3. The van der Waals surface area contributed by atoms with Crippen LogP contribution in [0.1, 0.15) is 23.0 Å². The minimum atomic E-state index is -0.359. The van der Waals surface area contributed by atoms with Crippen LogP contribution < -0.4 is 19.7 Å². The second kappa shape index (κ2) is 7.79. The van der Waals surface area contributed by atoms with Crippen molar-refractivity contribution < 1.29 is 14.3 Å². The molecule has 148 valence electrons. The highest BCUT2D eigenvalue weighted by Gasteiger charge is 2.28. The van der Waals surface area contributed by atoms with Crippen LogP contribution in [0, 0.1) is 0 Å². The van der Waals surface area contributed by atoms with Crippen LogP contribution in [0.25, 0.3) is 0 Å². The molecule has 2 heterocycles. The summed E-state index contributed by atoms with van der Waals surface area (Å²) in [7, 11) is 3.11. The van der Waals surface area contributed by atoms with Crippen LogP contribution in [0.15, 0.2) is 54.9 Å². The molecule has 0 spiro atoms. The summed E-state index contributed by atoms with van der Waals surface area (Å²) >= 11 is 0. The smallest absolute Gasteiger partial charge is 0.275 e. The van der Waals surface area contributed by atoms with Gasteiger partial charge in [0.05, 0.1) is 32.3 Å². The molecule has 2 aromatic carbocycles. The van der Waals surface area contributed by atoms with E-state index >= 15 is 0 Å². The third-order valence-corrected chi connectivity index (χ3v) is 4.98. The molecule has 3 aromatic rings. The molecule has 4 rings (SSSR count). The number of carbonyl (C=O) groups is 1. The van der Waals surface area contributed by atoms with E-state index in [-0.39, 0.29) is 17.6 Å². The third-order valence-electron chi connectivity index (χ3n) is 4.98. The van der Waals surface area contributed by atoms with Crippen molar-refractivity contribution in [3.63, 3.8) is 0 Å². The Balaban J connectivity index is 1.53. The Morgan fingerprint density at radius 1 is 1.10 bits per heavy atom. The highest BCUT2D eigenvalue weighted by molar-refractivity contribution is 6.03. The summed E-state index contributed by atoms with van der Waals surface area (Å²) in [5.41, 5.74) is 3.18. The predicted molar refractivity (Wildman–Crippen MR) is 111 cm³/mol. The van der Waals surface area contributed by atoms with Crippen molar-refractivity contribution in [2.45, 2.75) is 19.4 Å². The van der Waals surface area contributed by atoms with Gasteiger partial charge in [0.2, 0.25) is 0 Å². The molecule has 1 unspecified atom stereocenters. The molecule has 7 nitrogen and oxygen atoms in total. The van der Waals surface area contributed by atoms with Gasteiger partial charge < -0.3 is 19.7 Å². The van der Waals surface area contributed by atoms with Gasteiger partial charge in [0.1, 0.15) is 17.2 Å². The van der Waals surface area contributed by atoms with Gasteiger partial charge in [-0.05, 0) is 37.1 Å². The molecule has 0 saturated heterocycles. The molecule has 1 aliphatic rings. The Kier molecular flexibility index (Phi) is 5.03. The number of fused-ring (bicyclic) bond motifs is 1. The molecule has 1 aromatic heterocycles. The molecular formula is C22H22N4O3. The lowest BCUT2D eigenvalue weighted by atomic mass is 10.1. The standard InChI is InChI=1S/C22H22N4O3/c1-14-10-15-6-4-5-7-19(15)26(14)21-13-23-18(12-24-21)22(27)25-17-9-8-16(28-2)11-20(17)29-3/h4-9,11-14H,10H2,1-3H3,(H,25,27). The van der Waals surface area contributed by atoms with Gasteiger partial charge in [-0.2, -0.15) is 0 Å². The van der Waals surface area contributed by atoms with Crippen LogP contribution in [0.3, 0.4) is 0 Å². The summed E-state index contributed by atoms with van der Waals surface area (Å²) in [6.07, 6.45) is 4.09. The number of rotatable bonds is 5. The monoisotopic (exact) mass is 390 g/mol. The topological polar surface area (TPSA) is 76.6 Å². The number of para-hydroxylation sites is 1. The van der Waals surface area contributed by atoms with E-state index in [2.05, 4.69) is 39.2 Å². The van der Waals surface area contributed by atoms with Crippen LogP contribution in [0.2, 0.25) is 0 Å². The minimum Gasteiger partial charge on any atom is -0.497 e. The molecule has 0 aliphatic carbocycles. The van der Waals surface area contributed by atoms with E-state index in [4.69, 9.17) is 9.47 Å². The number of anilines is 3. The lowest BCUT2D eigenvalue weighted by molar-refractivity contribution is 0.102. The largest absolute Gasteiger partial charge is 0.497 e. The summed E-state index contributed by atoms with van der Waals surface area (Å²) in [5.74, 6) is 1.51. The second-order valence-corrected chi connectivity index (χ2v) is 6.83. The summed E-state index contributed by atoms with van der Waals surface area (Å²) in [6.45, 7) is 2.15. The van der Waals surface area contributed by atoms with Crippen LogP contribution in [0.4, 0.5) is 17.2 Å². The first kappa shape index (κ1) is 18.7. The van der Waals surface area contributed by atoms with Crippen LogP contribution in [-0.2, 0) is 6.42 Å². The zero-order valence-corrected chi connectivity index (χ0v) is 16.5. The molecule has 1 N–H and O–H groups in total. The van der Waals surface area contributed by atoms with Gasteiger partial charge in [0.15, 0.2) is 5.82 Å². The van der Waals surface area contributed by atoms with Crippen LogP contribution in [-0.4, -0.2) is 36.1 Å². The third kappa shape index (κ3) is 3.59. The Labute approximate surface area is 169 Å². The van der Waals surface area contributed by atoms with Crippen LogP contribution >= 0.6 is 0 Å². The predicted octanol–water partition coefficient (Wildman–Crippen LogP) is 3.83. The zero-order valence-electron chi connectivity index (χ0n) is 16.5. The number of aromatic nitrogens is 2. The average molecular weight is 390 g/mol. The van der Waals surface area contributed by atoms with Crippen molar-refractivity contribution in [1.29, 1.82) is 0 Å². The van der Waals surface area contributed by atoms with Crippen molar-refractivity contribution in [3.05, 3.63) is 66.1 Å². The van der Waals surface area contributed by atoms with Gasteiger partial charge in [0, 0.05) is 17.8 Å². The van der Waals surface area contributed by atoms with E-state index in [0.29, 0.717) is 17.2 Å². The van der Waals surface area contributed by atoms with E-state index in [0.717, 1.165) is 17.9 Å². The van der Waals surface area contributed by atoms with Crippen LogP contribution in [0.5, 0.6) is 11.5 Å². The van der Waals surface area contributed by atoms with Crippen molar-refractivity contribution in [3.8, 4) is 11.5 Å². The van der Waals surface area contributed by atoms with Gasteiger partial charge in [-0.1, -0.05) is 18.2 Å². The lowest BCUT2D eigenvalue weighted by Crippen LogP contribution is -2.25. The fourth-order valence-electron chi connectivity index (χ4n) is 3.57. The Morgan fingerprint density at radius 2 is 1.93 bits per heavy atom. The normalized spacial score (nSPS) is 15.0. The van der Waals surface area contributed by atoms with Gasteiger partial charge >= 0.3 is 0 Å². The average Bonchev–Trinajstić information content (AvgIpc) is 3.09. The highest BCUT2D eigenvalue weighted by atomic mass is 16.5. The molecule has 29 heavy (non-hydrogen) atoms. The molecule has 0 bridgehead atoms. The molecular weight excluding hydrogens is 368 g/mol. The van der Waals surface area contributed by atoms with E-state index in [1.165, 1.54) is 18.9 Å². The van der Waals surface area contributed by atoms with Gasteiger partial charge in [0.25, 0.3) is 5.91 Å². The van der Waals surface area contributed by atoms with Crippen molar-refractivity contribution in [2.75, 3.05) is 24.4 Å². The SMILES string of the molecule is COc1ccc(NC(=O)c2cnc(N3c4ccccc4CC3C)cn2)c(OC)c1. The maximum Gasteiger partial charge on any atom is 0.275 e. The molecule has 1 amide bonds. The number of methoxy groups -OCH3 is 2. The number of hydrogen-bond donors (Lipinski definition) is 1. The van der Waals surface area contributed by atoms with E-state index in [1.54, 1.807) is 31.5 Å². The van der Waals surface area contributed by atoms with Gasteiger partial charge in [-0.25, -0.2) is 9.97 Å². The highest BCUT2D eigenvalue weighted by Crippen LogP contribution is 2.36. The first-order valence-corrected chi connectivity index (χ1v) is 9.33. The number of nitrogens with one attached hydrogen (secondary N) is 1. The Morgan fingerprint density at radius 3 is 2.66 bits per heavy atom. The summed E-state index contributed by atoms with van der Waals surface area (Å²) in [5, 5.41) is 2.81. The van der Waals surface area contributed by atoms with E-state index in [1.807, 2.05) is 12.1 Å². The van der Waals surface area contributed by atoms with E-state index in [9.17, 15) is 4.79 Å². The number of benzene rings is 2. The zero-order chi connectivity index (χ0) is 20.4. The number of ether oxygens (including phenoxy) is 2. The van der Waals surface area contributed by atoms with Crippen molar-refractivity contribution >= 4 is 23.1 Å². The maximum absolute atomic E-state index is 12.6. The molecule has 0 fully saturated rings. The Hall–Kier alpha value is -3.61. The molecule has 0 radical (unpaired) electrons. The summed E-state index contributed by atoms with van der Waals surface area (Å²) < 4.78 is 10.5. The number of amides is 1. The van der Waals surface area contributed by atoms with E-state index < -0.39 is 0 Å². The molecule has 1 aliphatic heterocycles. The second-order valence-electron chi connectivity index (χ2n) is 6.83. The Bertz CT molecular complexity index is 1040. The molecule has 0 saturated carbocycles. The maximum atomic E-state index is 12.6. The van der Waals surface area contributed by atoms with Gasteiger partial charge in [-0.3, -0.25) is 4.79 Å². The number of hydrogen-bond acceptors (Lipinski definition) is 6. The number of carbonyl (C=O) groups excluding carboxylic acids is 1. The first-order chi connectivity index (χ1) is 14.1.